The van der Waals surface area contributed by atoms with Gasteiger partial charge in [0, 0.05) is 42.8 Å². The van der Waals surface area contributed by atoms with E-state index < -0.39 is 0 Å². The van der Waals surface area contributed by atoms with Crippen molar-refractivity contribution in [2.45, 2.75) is 32.5 Å². The van der Waals surface area contributed by atoms with Gasteiger partial charge in [0.1, 0.15) is 5.75 Å². The molecule has 31 heavy (non-hydrogen) atoms. The van der Waals surface area contributed by atoms with E-state index in [2.05, 4.69) is 53.6 Å². The van der Waals surface area contributed by atoms with Crippen molar-refractivity contribution in [3.8, 4) is 5.75 Å². The standard InChI is InChI=1S/C24H32N4O3/c1-17-14-27(15-18(2)31-17)21-8-5-19(6-9-21)26-20-7-10-22-23(13-20)30-16-24(29)28(22)12-4-11-25-3/h5-10,13,17-18,25-26H,4,11-12,14-16H2,1-3H3. The summed E-state index contributed by atoms with van der Waals surface area (Å²) in [6, 6.07) is 14.4. The van der Waals surface area contributed by atoms with E-state index in [1.165, 1.54) is 5.69 Å². The number of morpholine rings is 1. The number of anilines is 4. The van der Waals surface area contributed by atoms with Gasteiger partial charge < -0.3 is 29.9 Å². The molecular weight excluding hydrogens is 392 g/mol. The highest BCUT2D eigenvalue weighted by atomic mass is 16.5. The molecule has 2 aromatic rings. The van der Waals surface area contributed by atoms with Gasteiger partial charge in [-0.05, 0) is 70.3 Å². The van der Waals surface area contributed by atoms with Crippen molar-refractivity contribution in [1.29, 1.82) is 0 Å². The van der Waals surface area contributed by atoms with E-state index in [-0.39, 0.29) is 24.7 Å². The maximum absolute atomic E-state index is 12.3. The Labute approximate surface area is 184 Å². The van der Waals surface area contributed by atoms with Gasteiger partial charge in [-0.15, -0.1) is 0 Å². The number of rotatable bonds is 7. The maximum Gasteiger partial charge on any atom is 0.265 e. The Morgan fingerprint density at radius 3 is 2.45 bits per heavy atom. The minimum Gasteiger partial charge on any atom is -0.481 e. The normalized spacial score (nSPS) is 20.9. The Morgan fingerprint density at radius 2 is 1.74 bits per heavy atom. The van der Waals surface area contributed by atoms with Gasteiger partial charge in [0.05, 0.1) is 17.9 Å². The number of ether oxygens (including phenoxy) is 2. The third-order valence-electron chi connectivity index (χ3n) is 5.65. The Hall–Kier alpha value is -2.77. The van der Waals surface area contributed by atoms with E-state index in [9.17, 15) is 4.79 Å². The summed E-state index contributed by atoms with van der Waals surface area (Å²) in [6.45, 7) is 7.69. The molecule has 0 aromatic heterocycles. The number of carbonyl (C=O) groups is 1. The molecule has 0 aliphatic carbocycles. The van der Waals surface area contributed by atoms with Crippen molar-refractivity contribution in [3.63, 3.8) is 0 Å². The van der Waals surface area contributed by atoms with Crippen LogP contribution in [0.4, 0.5) is 22.7 Å². The summed E-state index contributed by atoms with van der Waals surface area (Å²) in [6.07, 6.45) is 1.37. The number of nitrogens with one attached hydrogen (secondary N) is 2. The van der Waals surface area contributed by atoms with Crippen LogP contribution < -0.4 is 25.2 Å². The lowest BCUT2D eigenvalue weighted by molar-refractivity contribution is -0.121. The highest BCUT2D eigenvalue weighted by molar-refractivity contribution is 5.98. The van der Waals surface area contributed by atoms with E-state index >= 15 is 0 Å². The molecule has 166 valence electrons. The molecule has 2 aliphatic rings. The van der Waals surface area contributed by atoms with Crippen LogP contribution in [0.25, 0.3) is 0 Å². The number of amides is 1. The second kappa shape index (κ2) is 9.58. The predicted molar refractivity (Wildman–Crippen MR) is 125 cm³/mol. The fourth-order valence-corrected chi connectivity index (χ4v) is 4.25. The fourth-order valence-electron chi connectivity index (χ4n) is 4.25. The van der Waals surface area contributed by atoms with Crippen LogP contribution in [0.2, 0.25) is 0 Å². The van der Waals surface area contributed by atoms with Crippen LogP contribution in [0.15, 0.2) is 42.5 Å². The van der Waals surface area contributed by atoms with Crippen LogP contribution in [-0.4, -0.2) is 57.9 Å². The summed E-state index contributed by atoms with van der Waals surface area (Å²) in [5, 5.41) is 6.57. The highest BCUT2D eigenvalue weighted by Gasteiger charge is 2.25. The first-order valence-corrected chi connectivity index (χ1v) is 11.0. The summed E-state index contributed by atoms with van der Waals surface area (Å²) in [5.74, 6) is 0.744. The monoisotopic (exact) mass is 424 g/mol. The SMILES string of the molecule is CNCCCN1C(=O)COc2cc(Nc3ccc(N4CC(C)OC(C)C4)cc3)ccc21. The zero-order valence-electron chi connectivity index (χ0n) is 18.6. The molecule has 2 aromatic carbocycles. The van der Waals surface area contributed by atoms with Gasteiger partial charge in [0.15, 0.2) is 6.61 Å². The van der Waals surface area contributed by atoms with Crippen LogP contribution in [0.5, 0.6) is 5.75 Å². The molecular formula is C24H32N4O3. The van der Waals surface area contributed by atoms with Crippen molar-refractivity contribution in [3.05, 3.63) is 42.5 Å². The molecule has 7 nitrogen and oxygen atoms in total. The Morgan fingerprint density at radius 1 is 1.03 bits per heavy atom. The molecule has 2 aliphatic heterocycles. The number of fused-ring (bicyclic) bond motifs is 1. The Kier molecular flexibility index (Phi) is 6.63. The zero-order chi connectivity index (χ0) is 21.8. The zero-order valence-corrected chi connectivity index (χ0v) is 18.6. The van der Waals surface area contributed by atoms with Gasteiger partial charge in [0.2, 0.25) is 0 Å². The second-order valence-electron chi connectivity index (χ2n) is 8.31. The van der Waals surface area contributed by atoms with Crippen LogP contribution >= 0.6 is 0 Å². The number of hydrogen-bond donors (Lipinski definition) is 2. The molecule has 2 atom stereocenters. The van der Waals surface area contributed by atoms with Crippen LogP contribution in [0, 0.1) is 0 Å². The summed E-state index contributed by atoms with van der Waals surface area (Å²) < 4.78 is 11.5. The minimum absolute atomic E-state index is 0.00616. The molecule has 2 unspecified atom stereocenters. The molecule has 0 spiro atoms. The molecule has 2 heterocycles. The van der Waals surface area contributed by atoms with Gasteiger partial charge >= 0.3 is 0 Å². The predicted octanol–water partition coefficient (Wildman–Crippen LogP) is 3.38. The summed E-state index contributed by atoms with van der Waals surface area (Å²) in [4.78, 5) is 16.5. The Balaban J connectivity index is 1.43. The van der Waals surface area contributed by atoms with Crippen LogP contribution in [0.1, 0.15) is 20.3 Å². The number of nitrogens with zero attached hydrogens (tertiary/aromatic N) is 2. The van der Waals surface area contributed by atoms with Crippen molar-refractivity contribution in [2.75, 3.05) is 55.0 Å². The number of hydrogen-bond acceptors (Lipinski definition) is 6. The lowest BCUT2D eigenvalue weighted by Crippen LogP contribution is -2.45. The van der Waals surface area contributed by atoms with Gasteiger partial charge in [-0.2, -0.15) is 0 Å². The summed E-state index contributed by atoms with van der Waals surface area (Å²) >= 11 is 0. The second-order valence-corrected chi connectivity index (χ2v) is 8.31. The largest absolute Gasteiger partial charge is 0.481 e. The minimum atomic E-state index is 0.00616. The van der Waals surface area contributed by atoms with Gasteiger partial charge in [-0.1, -0.05) is 0 Å². The molecule has 1 amide bonds. The van der Waals surface area contributed by atoms with E-state index in [1.807, 2.05) is 30.1 Å². The van der Waals surface area contributed by atoms with Crippen LogP contribution in [-0.2, 0) is 9.53 Å². The number of carbonyl (C=O) groups excluding carboxylic acids is 1. The van der Waals surface area contributed by atoms with E-state index in [0.29, 0.717) is 6.54 Å². The Bertz CT molecular complexity index is 892. The quantitative estimate of drug-likeness (QED) is 0.665. The van der Waals surface area contributed by atoms with E-state index in [4.69, 9.17) is 9.47 Å². The first-order chi connectivity index (χ1) is 15.0. The third-order valence-corrected chi connectivity index (χ3v) is 5.65. The molecule has 1 fully saturated rings. The van der Waals surface area contributed by atoms with Gasteiger partial charge in [0.25, 0.3) is 5.91 Å². The fraction of sp³-hybridized carbons (Fsp3) is 0.458. The molecule has 0 bridgehead atoms. The first kappa shape index (κ1) is 21.5. The third kappa shape index (κ3) is 5.11. The van der Waals surface area contributed by atoms with Crippen LogP contribution in [0.3, 0.4) is 0 Å². The van der Waals surface area contributed by atoms with Crippen molar-refractivity contribution >= 4 is 28.7 Å². The molecule has 2 N–H and O–H groups in total. The summed E-state index contributed by atoms with van der Waals surface area (Å²) in [5.41, 5.74) is 3.99. The van der Waals surface area contributed by atoms with Crippen molar-refractivity contribution in [2.24, 2.45) is 0 Å². The summed E-state index contributed by atoms with van der Waals surface area (Å²) in [7, 11) is 1.92. The maximum atomic E-state index is 12.3. The lowest BCUT2D eigenvalue weighted by atomic mass is 10.1. The molecule has 4 rings (SSSR count). The van der Waals surface area contributed by atoms with E-state index in [1.54, 1.807) is 0 Å². The lowest BCUT2D eigenvalue weighted by Gasteiger charge is -2.36. The smallest absolute Gasteiger partial charge is 0.265 e. The van der Waals surface area contributed by atoms with E-state index in [0.717, 1.165) is 48.9 Å². The average molecular weight is 425 g/mol. The molecule has 7 heteroatoms. The topological polar surface area (TPSA) is 66.1 Å². The highest BCUT2D eigenvalue weighted by Crippen LogP contribution is 2.35. The van der Waals surface area contributed by atoms with Crippen molar-refractivity contribution < 1.29 is 14.3 Å². The van der Waals surface area contributed by atoms with Crippen molar-refractivity contribution in [1.82, 2.24) is 5.32 Å². The molecule has 0 radical (unpaired) electrons. The molecule has 1 saturated heterocycles. The first-order valence-electron chi connectivity index (χ1n) is 11.0. The molecule has 0 saturated carbocycles. The average Bonchev–Trinajstić information content (AvgIpc) is 2.75. The van der Waals surface area contributed by atoms with Gasteiger partial charge in [-0.25, -0.2) is 0 Å². The number of benzene rings is 2. The van der Waals surface area contributed by atoms with Gasteiger partial charge in [-0.3, -0.25) is 4.79 Å².